The monoisotopic (exact) mass is 292 g/mol. The summed E-state index contributed by atoms with van der Waals surface area (Å²) in [4.78, 5) is 11.4. The van der Waals surface area contributed by atoms with Crippen LogP contribution in [0.1, 0.15) is 39.5 Å². The summed E-state index contributed by atoms with van der Waals surface area (Å²) < 4.78 is 32.6. The molecule has 0 saturated carbocycles. The van der Waals surface area contributed by atoms with Crippen LogP contribution < -0.4 is 0 Å². The Morgan fingerprint density at radius 3 is 2.47 bits per heavy atom. The summed E-state index contributed by atoms with van der Waals surface area (Å²) in [5, 5.41) is 0. The van der Waals surface area contributed by atoms with Gasteiger partial charge in [-0.25, -0.2) is 0 Å². The summed E-state index contributed by atoms with van der Waals surface area (Å²) in [5.41, 5.74) is 0. The van der Waals surface area contributed by atoms with E-state index >= 15 is 0 Å². The second-order valence-electron chi connectivity index (χ2n) is 4.63. The lowest BCUT2D eigenvalue weighted by Crippen LogP contribution is -2.51. The number of nitrogens with zero attached hydrogens (tertiary/aromatic N) is 2. The Bertz CT molecular complexity index is 393. The lowest BCUT2D eigenvalue weighted by Gasteiger charge is -2.37. The fraction of sp³-hybridized carbons (Fsp3) is 0.917. The zero-order chi connectivity index (χ0) is 14.5. The molecule has 0 aromatic rings. The molecular weight excluding hydrogens is 268 g/mol. The number of carbonyl (C=O) groups is 1. The first kappa shape index (κ1) is 16.4. The second-order valence-corrected chi connectivity index (χ2v) is 6.51. The molecule has 0 aromatic heterocycles. The Hall–Kier alpha value is -0.660. The molecule has 1 atom stereocenters. The third-order valence-corrected chi connectivity index (χ3v) is 5.77. The highest BCUT2D eigenvalue weighted by Crippen LogP contribution is 2.24. The molecule has 0 N–H and O–H groups in total. The number of hydrogen-bond acceptors (Lipinski definition) is 4. The predicted molar refractivity (Wildman–Crippen MR) is 72.8 cm³/mol. The van der Waals surface area contributed by atoms with Gasteiger partial charge in [-0.05, 0) is 12.8 Å². The maximum Gasteiger partial charge on any atom is 0.307 e. The lowest BCUT2D eigenvalue weighted by molar-refractivity contribution is -0.141. The number of carbonyl (C=O) groups excluding carboxylic acids is 1. The van der Waals surface area contributed by atoms with E-state index in [0.29, 0.717) is 19.6 Å². The smallest absolute Gasteiger partial charge is 0.307 e. The molecular formula is C12H24N2O4S. The quantitative estimate of drug-likeness (QED) is 0.685. The van der Waals surface area contributed by atoms with Gasteiger partial charge in [0.15, 0.2) is 0 Å². The van der Waals surface area contributed by atoms with Gasteiger partial charge in [-0.2, -0.15) is 17.0 Å². The second kappa shape index (κ2) is 7.21. The first-order valence-corrected chi connectivity index (χ1v) is 8.20. The van der Waals surface area contributed by atoms with Crippen molar-refractivity contribution in [3.05, 3.63) is 0 Å². The standard InChI is InChI=1S/C12H24N2O4S/c1-4-13(5-2)19(16,17)14-9-7-6-8-11(14)10-12(15)18-3/h11H,4-10H2,1-3H3. The molecule has 0 radical (unpaired) electrons. The van der Waals surface area contributed by atoms with Crippen LogP contribution in [0, 0.1) is 0 Å². The van der Waals surface area contributed by atoms with Gasteiger partial charge in [0.1, 0.15) is 0 Å². The average molecular weight is 292 g/mol. The van der Waals surface area contributed by atoms with Crippen LogP contribution in [0.25, 0.3) is 0 Å². The molecule has 0 amide bonds. The van der Waals surface area contributed by atoms with Crippen LogP contribution in [0.15, 0.2) is 0 Å². The van der Waals surface area contributed by atoms with Crippen LogP contribution in [0.3, 0.4) is 0 Å². The van der Waals surface area contributed by atoms with Gasteiger partial charge in [-0.15, -0.1) is 0 Å². The molecule has 0 spiro atoms. The van der Waals surface area contributed by atoms with Gasteiger partial charge in [-0.1, -0.05) is 20.3 Å². The summed E-state index contributed by atoms with van der Waals surface area (Å²) in [7, 11) is -2.14. The molecule has 1 aliphatic rings. The Balaban J connectivity index is 2.89. The van der Waals surface area contributed by atoms with Crippen LogP contribution >= 0.6 is 0 Å². The third kappa shape index (κ3) is 3.90. The van der Waals surface area contributed by atoms with Crippen molar-refractivity contribution < 1.29 is 17.9 Å². The number of piperidine rings is 1. The fourth-order valence-corrected chi connectivity index (χ4v) is 4.32. The zero-order valence-corrected chi connectivity index (χ0v) is 12.8. The molecule has 112 valence electrons. The van der Waals surface area contributed by atoms with Gasteiger partial charge in [0.05, 0.1) is 13.5 Å². The topological polar surface area (TPSA) is 66.9 Å². The molecule has 0 aliphatic carbocycles. The normalized spacial score (nSPS) is 21.6. The fourth-order valence-electron chi connectivity index (χ4n) is 2.46. The molecule has 0 aromatic carbocycles. The van der Waals surface area contributed by atoms with Crippen molar-refractivity contribution in [3.63, 3.8) is 0 Å². The van der Waals surface area contributed by atoms with Crippen LogP contribution in [0.2, 0.25) is 0 Å². The van der Waals surface area contributed by atoms with Gasteiger partial charge < -0.3 is 4.74 Å². The van der Waals surface area contributed by atoms with Crippen LogP contribution in [0.4, 0.5) is 0 Å². The molecule has 1 rings (SSSR count). The Morgan fingerprint density at radius 2 is 1.95 bits per heavy atom. The van der Waals surface area contributed by atoms with Gasteiger partial charge >= 0.3 is 5.97 Å². The van der Waals surface area contributed by atoms with E-state index in [1.807, 2.05) is 13.8 Å². The van der Waals surface area contributed by atoms with Crippen LogP contribution in [-0.2, 0) is 19.7 Å². The first-order valence-electron chi connectivity index (χ1n) is 6.81. The Labute approximate surface area is 115 Å². The van der Waals surface area contributed by atoms with Crippen molar-refractivity contribution in [2.24, 2.45) is 0 Å². The number of rotatable bonds is 6. The summed E-state index contributed by atoms with van der Waals surface area (Å²) in [6.07, 6.45) is 2.65. The van der Waals surface area contributed by atoms with E-state index in [1.54, 1.807) is 0 Å². The predicted octanol–water partition coefficient (Wildman–Crippen LogP) is 0.991. The first-order chi connectivity index (χ1) is 8.97. The molecule has 1 heterocycles. The third-order valence-electron chi connectivity index (χ3n) is 3.53. The maximum atomic E-state index is 12.5. The zero-order valence-electron chi connectivity index (χ0n) is 12.0. The number of methoxy groups -OCH3 is 1. The Morgan fingerprint density at radius 1 is 1.32 bits per heavy atom. The van der Waals surface area contributed by atoms with E-state index in [2.05, 4.69) is 4.74 Å². The largest absolute Gasteiger partial charge is 0.469 e. The molecule has 1 saturated heterocycles. The van der Waals surface area contributed by atoms with E-state index in [1.165, 1.54) is 15.7 Å². The van der Waals surface area contributed by atoms with Crippen molar-refractivity contribution in [2.45, 2.75) is 45.6 Å². The molecule has 6 nitrogen and oxygen atoms in total. The van der Waals surface area contributed by atoms with Crippen molar-refractivity contribution in [2.75, 3.05) is 26.7 Å². The van der Waals surface area contributed by atoms with E-state index in [0.717, 1.165) is 19.3 Å². The molecule has 7 heteroatoms. The number of ether oxygens (including phenoxy) is 1. The highest BCUT2D eigenvalue weighted by molar-refractivity contribution is 7.86. The van der Waals surface area contributed by atoms with Gasteiger partial charge in [0.2, 0.25) is 0 Å². The van der Waals surface area contributed by atoms with Crippen LogP contribution in [0.5, 0.6) is 0 Å². The van der Waals surface area contributed by atoms with Gasteiger partial charge in [0, 0.05) is 25.7 Å². The summed E-state index contributed by atoms with van der Waals surface area (Å²) in [6, 6.07) is -0.271. The molecule has 1 unspecified atom stereocenters. The van der Waals surface area contributed by atoms with E-state index in [4.69, 9.17) is 0 Å². The Kier molecular flexibility index (Phi) is 6.22. The van der Waals surface area contributed by atoms with E-state index in [-0.39, 0.29) is 18.4 Å². The molecule has 1 aliphatic heterocycles. The van der Waals surface area contributed by atoms with Gasteiger partial charge in [-0.3, -0.25) is 4.79 Å². The maximum absolute atomic E-state index is 12.5. The van der Waals surface area contributed by atoms with Crippen molar-refractivity contribution >= 4 is 16.2 Å². The molecule has 1 fully saturated rings. The van der Waals surface area contributed by atoms with Gasteiger partial charge in [0.25, 0.3) is 10.2 Å². The molecule has 0 bridgehead atoms. The minimum Gasteiger partial charge on any atom is -0.469 e. The van der Waals surface area contributed by atoms with E-state index in [9.17, 15) is 13.2 Å². The average Bonchev–Trinajstić information content (AvgIpc) is 2.40. The van der Waals surface area contributed by atoms with Crippen molar-refractivity contribution in [3.8, 4) is 0 Å². The minimum atomic E-state index is -3.47. The lowest BCUT2D eigenvalue weighted by atomic mass is 10.0. The summed E-state index contributed by atoms with van der Waals surface area (Å²) >= 11 is 0. The summed E-state index contributed by atoms with van der Waals surface area (Å²) in [6.45, 7) is 5.02. The highest BCUT2D eigenvalue weighted by atomic mass is 32.2. The van der Waals surface area contributed by atoms with Crippen molar-refractivity contribution in [1.82, 2.24) is 8.61 Å². The summed E-state index contributed by atoms with van der Waals surface area (Å²) in [5.74, 6) is -0.355. The SMILES string of the molecule is CCN(CC)S(=O)(=O)N1CCCCC1CC(=O)OC. The highest BCUT2D eigenvalue weighted by Gasteiger charge is 2.36. The van der Waals surface area contributed by atoms with E-state index < -0.39 is 10.2 Å². The van der Waals surface area contributed by atoms with Crippen LogP contribution in [-0.4, -0.2) is 55.8 Å². The molecule has 19 heavy (non-hydrogen) atoms. The van der Waals surface area contributed by atoms with Crippen molar-refractivity contribution in [1.29, 1.82) is 0 Å². The minimum absolute atomic E-state index is 0.136. The number of esters is 1. The number of hydrogen-bond donors (Lipinski definition) is 0.